The van der Waals surface area contributed by atoms with Gasteiger partial charge in [0.15, 0.2) is 0 Å². The van der Waals surface area contributed by atoms with Crippen LogP contribution in [0, 0.1) is 11.2 Å². The Kier molecular flexibility index (Phi) is 4.07. The molecule has 110 valence electrons. The Morgan fingerprint density at radius 2 is 1.75 bits per heavy atom. The lowest BCUT2D eigenvalue weighted by atomic mass is 9.92. The van der Waals surface area contributed by atoms with Gasteiger partial charge in [-0.1, -0.05) is 0 Å². The Morgan fingerprint density at radius 3 is 2.20 bits per heavy atom. The van der Waals surface area contributed by atoms with Gasteiger partial charge in [0.1, 0.15) is 11.2 Å². The molecule has 1 amide bonds. The summed E-state index contributed by atoms with van der Waals surface area (Å²) in [5.41, 5.74) is -3.70. The second-order valence-corrected chi connectivity index (χ2v) is 4.58. The van der Waals surface area contributed by atoms with Crippen LogP contribution in [0.1, 0.15) is 19.4 Å². The van der Waals surface area contributed by atoms with Crippen molar-refractivity contribution in [2.45, 2.75) is 20.0 Å². The summed E-state index contributed by atoms with van der Waals surface area (Å²) < 4.78 is 50.5. The number of benzene rings is 1. The lowest BCUT2D eigenvalue weighted by Gasteiger charge is -2.19. The molecule has 0 spiro atoms. The predicted molar refractivity (Wildman–Crippen MR) is 61.4 cm³/mol. The molecule has 0 aliphatic carbocycles. The van der Waals surface area contributed by atoms with Crippen molar-refractivity contribution in [3.63, 3.8) is 0 Å². The van der Waals surface area contributed by atoms with Crippen LogP contribution >= 0.6 is 0 Å². The van der Waals surface area contributed by atoms with Gasteiger partial charge in [-0.3, -0.25) is 9.59 Å². The number of carboxylic acid groups (broad SMARTS) is 1. The molecule has 0 bridgehead atoms. The summed E-state index contributed by atoms with van der Waals surface area (Å²) in [4.78, 5) is 22.5. The van der Waals surface area contributed by atoms with E-state index in [-0.39, 0.29) is 5.69 Å². The second kappa shape index (κ2) is 5.10. The third kappa shape index (κ3) is 3.25. The zero-order valence-corrected chi connectivity index (χ0v) is 10.5. The largest absolute Gasteiger partial charge is 0.480 e. The molecule has 0 aliphatic rings. The smallest absolute Gasteiger partial charge is 0.419 e. The molecular formula is C12H11F4NO3. The number of halogens is 4. The lowest BCUT2D eigenvalue weighted by molar-refractivity contribution is -0.151. The number of anilines is 1. The molecule has 0 saturated heterocycles. The molecule has 0 atom stereocenters. The SMILES string of the molecule is CC(C)(C(=O)O)C(=O)Nc1ccc(F)c(C(F)(F)F)c1. The van der Waals surface area contributed by atoms with Crippen molar-refractivity contribution in [1.29, 1.82) is 0 Å². The van der Waals surface area contributed by atoms with E-state index in [0.29, 0.717) is 12.1 Å². The highest BCUT2D eigenvalue weighted by atomic mass is 19.4. The van der Waals surface area contributed by atoms with Crippen molar-refractivity contribution in [2.24, 2.45) is 5.41 Å². The molecule has 0 saturated carbocycles. The van der Waals surface area contributed by atoms with Gasteiger partial charge >= 0.3 is 12.1 Å². The summed E-state index contributed by atoms with van der Waals surface area (Å²) in [5.74, 6) is -3.93. The molecule has 0 unspecified atom stereocenters. The van der Waals surface area contributed by atoms with Gasteiger partial charge in [0.25, 0.3) is 0 Å². The summed E-state index contributed by atoms with van der Waals surface area (Å²) >= 11 is 0. The van der Waals surface area contributed by atoms with Crippen LogP contribution < -0.4 is 5.32 Å². The van der Waals surface area contributed by atoms with Gasteiger partial charge in [-0.05, 0) is 32.0 Å². The fourth-order valence-electron chi connectivity index (χ4n) is 1.20. The van der Waals surface area contributed by atoms with Gasteiger partial charge in [0, 0.05) is 5.69 Å². The van der Waals surface area contributed by atoms with Crippen LogP contribution in [0.2, 0.25) is 0 Å². The Labute approximate surface area is 111 Å². The normalized spacial score (nSPS) is 12.1. The molecule has 1 rings (SSSR count). The minimum absolute atomic E-state index is 0.335. The minimum atomic E-state index is -4.91. The van der Waals surface area contributed by atoms with Crippen molar-refractivity contribution < 1.29 is 32.3 Å². The predicted octanol–water partition coefficient (Wildman–Crippen LogP) is 2.89. The topological polar surface area (TPSA) is 66.4 Å². The number of alkyl halides is 3. The number of aliphatic carboxylic acids is 1. The van der Waals surface area contributed by atoms with E-state index in [4.69, 9.17) is 5.11 Å². The summed E-state index contributed by atoms with van der Waals surface area (Å²) in [5, 5.41) is 10.8. The number of amides is 1. The van der Waals surface area contributed by atoms with Crippen LogP contribution in [0.25, 0.3) is 0 Å². The van der Waals surface area contributed by atoms with E-state index in [0.717, 1.165) is 19.9 Å². The van der Waals surface area contributed by atoms with Crippen LogP contribution in [-0.2, 0) is 15.8 Å². The van der Waals surface area contributed by atoms with Crippen molar-refractivity contribution >= 4 is 17.6 Å². The first-order valence-corrected chi connectivity index (χ1v) is 5.38. The first kappa shape index (κ1) is 15.9. The zero-order chi connectivity index (χ0) is 15.7. The van der Waals surface area contributed by atoms with Gasteiger partial charge in [-0.2, -0.15) is 13.2 Å². The van der Waals surface area contributed by atoms with Gasteiger partial charge in [-0.15, -0.1) is 0 Å². The van der Waals surface area contributed by atoms with Crippen LogP contribution in [0.3, 0.4) is 0 Å². The maximum Gasteiger partial charge on any atom is 0.419 e. The summed E-state index contributed by atoms with van der Waals surface area (Å²) in [6, 6.07) is 1.87. The molecule has 2 N–H and O–H groups in total. The van der Waals surface area contributed by atoms with Crippen LogP contribution in [0.5, 0.6) is 0 Å². The van der Waals surface area contributed by atoms with Gasteiger partial charge in [0.2, 0.25) is 5.91 Å². The first-order valence-electron chi connectivity index (χ1n) is 5.38. The third-order valence-electron chi connectivity index (χ3n) is 2.63. The fourth-order valence-corrected chi connectivity index (χ4v) is 1.20. The molecule has 0 aliphatic heterocycles. The average molecular weight is 293 g/mol. The molecule has 1 aromatic rings. The molecule has 0 heterocycles. The molecular weight excluding hydrogens is 282 g/mol. The van der Waals surface area contributed by atoms with E-state index < -0.39 is 34.8 Å². The Bertz CT molecular complexity index is 552. The maximum absolute atomic E-state index is 13.0. The summed E-state index contributed by atoms with van der Waals surface area (Å²) in [6.07, 6.45) is -4.91. The number of hydrogen-bond donors (Lipinski definition) is 2. The number of nitrogens with one attached hydrogen (secondary N) is 1. The Hall–Kier alpha value is -2.12. The molecule has 0 radical (unpaired) electrons. The maximum atomic E-state index is 13.0. The average Bonchev–Trinajstić information content (AvgIpc) is 2.29. The molecule has 0 fully saturated rings. The fraction of sp³-hybridized carbons (Fsp3) is 0.333. The van der Waals surface area contributed by atoms with Gasteiger partial charge in [0.05, 0.1) is 5.56 Å². The highest BCUT2D eigenvalue weighted by Gasteiger charge is 2.37. The number of carbonyl (C=O) groups is 2. The molecule has 20 heavy (non-hydrogen) atoms. The van der Waals surface area contributed by atoms with E-state index in [1.165, 1.54) is 0 Å². The minimum Gasteiger partial charge on any atom is -0.480 e. The van der Waals surface area contributed by atoms with E-state index in [2.05, 4.69) is 0 Å². The Balaban J connectivity index is 3.07. The monoisotopic (exact) mass is 293 g/mol. The lowest BCUT2D eigenvalue weighted by Crippen LogP contribution is -2.37. The molecule has 1 aromatic carbocycles. The molecule has 8 heteroatoms. The first-order chi connectivity index (χ1) is 8.96. The van der Waals surface area contributed by atoms with Crippen LogP contribution in [0.4, 0.5) is 23.2 Å². The van der Waals surface area contributed by atoms with E-state index in [1.54, 1.807) is 0 Å². The number of hydrogen-bond acceptors (Lipinski definition) is 2. The highest BCUT2D eigenvalue weighted by molar-refractivity contribution is 6.07. The quantitative estimate of drug-likeness (QED) is 0.665. The van der Waals surface area contributed by atoms with Crippen molar-refractivity contribution in [1.82, 2.24) is 0 Å². The summed E-state index contributed by atoms with van der Waals surface area (Å²) in [7, 11) is 0. The molecule has 4 nitrogen and oxygen atoms in total. The highest BCUT2D eigenvalue weighted by Crippen LogP contribution is 2.33. The third-order valence-corrected chi connectivity index (χ3v) is 2.63. The van der Waals surface area contributed by atoms with Crippen molar-refractivity contribution in [3.05, 3.63) is 29.6 Å². The van der Waals surface area contributed by atoms with Gasteiger partial charge in [-0.25, -0.2) is 4.39 Å². The van der Waals surface area contributed by atoms with E-state index >= 15 is 0 Å². The standard InChI is InChI=1S/C12H11F4NO3/c1-11(2,10(19)20)9(18)17-6-3-4-8(13)7(5-6)12(14,15)16/h3-5H,1-2H3,(H,17,18)(H,19,20). The van der Waals surface area contributed by atoms with E-state index in [9.17, 15) is 27.2 Å². The number of rotatable bonds is 3. The summed E-state index contributed by atoms with van der Waals surface area (Å²) in [6.45, 7) is 2.19. The van der Waals surface area contributed by atoms with Crippen LogP contribution in [-0.4, -0.2) is 17.0 Å². The number of carboxylic acids is 1. The van der Waals surface area contributed by atoms with Crippen molar-refractivity contribution in [3.8, 4) is 0 Å². The van der Waals surface area contributed by atoms with E-state index in [1.807, 2.05) is 5.32 Å². The molecule has 0 aromatic heterocycles. The van der Waals surface area contributed by atoms with Crippen molar-refractivity contribution in [2.75, 3.05) is 5.32 Å². The van der Waals surface area contributed by atoms with Crippen LogP contribution in [0.15, 0.2) is 18.2 Å². The zero-order valence-electron chi connectivity index (χ0n) is 10.5. The Morgan fingerprint density at radius 1 is 1.20 bits per heavy atom. The second-order valence-electron chi connectivity index (χ2n) is 4.58. The van der Waals surface area contributed by atoms with Gasteiger partial charge < -0.3 is 10.4 Å². The number of carbonyl (C=O) groups excluding carboxylic acids is 1.